The average Bonchev–Trinajstić information content (AvgIpc) is 2.55. The first-order valence-electron chi connectivity index (χ1n) is 8.23. The first-order valence-corrected chi connectivity index (χ1v) is 8.23. The SMILES string of the molecule is C[C@H](NC(=O)CN1CCCCC1)c1ccc2ccccc2c1. The highest BCUT2D eigenvalue weighted by Crippen LogP contribution is 2.20. The van der Waals surface area contributed by atoms with E-state index in [0.717, 1.165) is 18.7 Å². The molecule has 1 saturated heterocycles. The van der Waals surface area contributed by atoms with Gasteiger partial charge < -0.3 is 5.32 Å². The summed E-state index contributed by atoms with van der Waals surface area (Å²) in [6, 6.07) is 14.8. The molecule has 0 radical (unpaired) electrons. The number of carbonyl (C=O) groups excluding carboxylic acids is 1. The molecule has 1 atom stereocenters. The second-order valence-electron chi connectivity index (χ2n) is 6.23. The Kier molecular flexibility index (Phi) is 4.74. The Morgan fingerprint density at radius 1 is 1.09 bits per heavy atom. The molecule has 1 aliphatic heterocycles. The van der Waals surface area contributed by atoms with E-state index < -0.39 is 0 Å². The summed E-state index contributed by atoms with van der Waals surface area (Å²) in [7, 11) is 0. The zero-order valence-electron chi connectivity index (χ0n) is 13.2. The molecule has 2 aromatic carbocycles. The maximum atomic E-state index is 12.2. The minimum atomic E-state index is 0.0434. The Labute approximate surface area is 132 Å². The molecule has 0 aliphatic carbocycles. The van der Waals surface area contributed by atoms with E-state index in [1.54, 1.807) is 0 Å². The Balaban J connectivity index is 1.62. The van der Waals surface area contributed by atoms with E-state index in [9.17, 15) is 4.79 Å². The molecular formula is C19H24N2O. The Bertz CT molecular complexity index is 647. The summed E-state index contributed by atoms with van der Waals surface area (Å²) in [5.74, 6) is 0.127. The van der Waals surface area contributed by atoms with Gasteiger partial charge in [-0.3, -0.25) is 9.69 Å². The second kappa shape index (κ2) is 6.93. The maximum absolute atomic E-state index is 12.2. The number of nitrogens with one attached hydrogen (secondary N) is 1. The molecule has 22 heavy (non-hydrogen) atoms. The zero-order valence-corrected chi connectivity index (χ0v) is 13.2. The Hall–Kier alpha value is -1.87. The molecule has 3 nitrogen and oxygen atoms in total. The van der Waals surface area contributed by atoms with Crippen molar-refractivity contribution in [2.45, 2.75) is 32.2 Å². The largest absolute Gasteiger partial charge is 0.348 e. The van der Waals surface area contributed by atoms with E-state index in [0.29, 0.717) is 6.54 Å². The van der Waals surface area contributed by atoms with Gasteiger partial charge in [0.15, 0.2) is 0 Å². The standard InChI is InChI=1S/C19H24N2O/c1-15(20-19(22)14-21-11-5-2-6-12-21)17-10-9-16-7-3-4-8-18(16)13-17/h3-4,7-10,13,15H,2,5-6,11-12,14H2,1H3,(H,20,22)/t15-/m0/s1. The topological polar surface area (TPSA) is 32.3 Å². The predicted octanol–water partition coefficient (Wildman–Crippen LogP) is 3.50. The molecule has 1 heterocycles. The number of benzene rings is 2. The molecule has 3 rings (SSSR count). The fourth-order valence-electron chi connectivity index (χ4n) is 3.17. The van der Waals surface area contributed by atoms with Gasteiger partial charge in [-0.05, 0) is 55.3 Å². The lowest BCUT2D eigenvalue weighted by molar-refractivity contribution is -0.123. The van der Waals surface area contributed by atoms with Gasteiger partial charge in [0.05, 0.1) is 12.6 Å². The molecule has 0 spiro atoms. The normalized spacial score (nSPS) is 17.3. The van der Waals surface area contributed by atoms with Crippen LogP contribution in [0.2, 0.25) is 0 Å². The van der Waals surface area contributed by atoms with Gasteiger partial charge in [0.1, 0.15) is 0 Å². The predicted molar refractivity (Wildman–Crippen MR) is 90.8 cm³/mol. The minimum absolute atomic E-state index is 0.0434. The highest BCUT2D eigenvalue weighted by molar-refractivity contribution is 5.83. The van der Waals surface area contributed by atoms with Crippen LogP contribution in [-0.2, 0) is 4.79 Å². The molecule has 116 valence electrons. The number of rotatable bonds is 4. The highest BCUT2D eigenvalue weighted by atomic mass is 16.2. The van der Waals surface area contributed by atoms with Crippen molar-refractivity contribution in [3.05, 3.63) is 48.0 Å². The number of fused-ring (bicyclic) bond motifs is 1. The summed E-state index contributed by atoms with van der Waals surface area (Å²) < 4.78 is 0. The van der Waals surface area contributed by atoms with Crippen LogP contribution in [0.25, 0.3) is 10.8 Å². The number of hydrogen-bond acceptors (Lipinski definition) is 2. The molecule has 1 N–H and O–H groups in total. The zero-order chi connectivity index (χ0) is 15.4. The minimum Gasteiger partial charge on any atom is -0.348 e. The van der Waals surface area contributed by atoms with Gasteiger partial charge in [-0.25, -0.2) is 0 Å². The highest BCUT2D eigenvalue weighted by Gasteiger charge is 2.15. The first kappa shape index (κ1) is 15.0. The van der Waals surface area contributed by atoms with Gasteiger partial charge in [0.2, 0.25) is 5.91 Å². The summed E-state index contributed by atoms with van der Waals surface area (Å²) in [6.07, 6.45) is 3.73. The lowest BCUT2D eigenvalue weighted by Gasteiger charge is -2.26. The van der Waals surface area contributed by atoms with Crippen LogP contribution < -0.4 is 5.32 Å². The molecule has 1 fully saturated rings. The Morgan fingerprint density at radius 3 is 2.59 bits per heavy atom. The summed E-state index contributed by atoms with van der Waals surface area (Å²) >= 11 is 0. The molecule has 0 unspecified atom stereocenters. The number of likely N-dealkylation sites (tertiary alicyclic amines) is 1. The molecule has 1 amide bonds. The number of carbonyl (C=O) groups is 1. The third-order valence-corrected chi connectivity index (χ3v) is 4.47. The van der Waals surface area contributed by atoms with Crippen molar-refractivity contribution in [2.24, 2.45) is 0 Å². The van der Waals surface area contributed by atoms with Crippen LogP contribution in [0.1, 0.15) is 37.8 Å². The second-order valence-corrected chi connectivity index (χ2v) is 6.23. The van der Waals surface area contributed by atoms with E-state index in [4.69, 9.17) is 0 Å². The van der Waals surface area contributed by atoms with Gasteiger partial charge in [-0.2, -0.15) is 0 Å². The summed E-state index contributed by atoms with van der Waals surface area (Å²) in [5.41, 5.74) is 1.16. The maximum Gasteiger partial charge on any atom is 0.234 e. The van der Waals surface area contributed by atoms with Gasteiger partial charge in [-0.1, -0.05) is 42.8 Å². The molecule has 0 bridgehead atoms. The van der Waals surface area contributed by atoms with E-state index >= 15 is 0 Å². The van der Waals surface area contributed by atoms with Crippen molar-refractivity contribution < 1.29 is 4.79 Å². The van der Waals surface area contributed by atoms with Gasteiger partial charge in [-0.15, -0.1) is 0 Å². The van der Waals surface area contributed by atoms with Crippen LogP contribution in [0.15, 0.2) is 42.5 Å². The van der Waals surface area contributed by atoms with Crippen LogP contribution in [-0.4, -0.2) is 30.4 Å². The van der Waals surface area contributed by atoms with Crippen molar-refractivity contribution in [1.29, 1.82) is 0 Å². The first-order chi connectivity index (χ1) is 10.7. The Morgan fingerprint density at radius 2 is 1.82 bits per heavy atom. The molecule has 3 heteroatoms. The van der Waals surface area contributed by atoms with Crippen molar-refractivity contribution in [2.75, 3.05) is 19.6 Å². The fourth-order valence-corrected chi connectivity index (χ4v) is 3.17. The summed E-state index contributed by atoms with van der Waals surface area (Å²) in [6.45, 7) is 4.69. The molecule has 0 aromatic heterocycles. The van der Waals surface area contributed by atoms with Crippen molar-refractivity contribution in [1.82, 2.24) is 10.2 Å². The van der Waals surface area contributed by atoms with Crippen molar-refractivity contribution in [3.63, 3.8) is 0 Å². The molecule has 0 saturated carbocycles. The lowest BCUT2D eigenvalue weighted by atomic mass is 10.0. The van der Waals surface area contributed by atoms with Crippen LogP contribution in [0.3, 0.4) is 0 Å². The van der Waals surface area contributed by atoms with Crippen LogP contribution in [0.4, 0.5) is 0 Å². The molecule has 2 aromatic rings. The summed E-state index contributed by atoms with van der Waals surface area (Å²) in [4.78, 5) is 14.5. The van der Waals surface area contributed by atoms with Gasteiger partial charge in [0.25, 0.3) is 0 Å². The van der Waals surface area contributed by atoms with Crippen molar-refractivity contribution in [3.8, 4) is 0 Å². The number of nitrogens with zero attached hydrogens (tertiary/aromatic N) is 1. The monoisotopic (exact) mass is 296 g/mol. The summed E-state index contributed by atoms with van der Waals surface area (Å²) in [5, 5.41) is 5.58. The van der Waals surface area contributed by atoms with Crippen LogP contribution in [0.5, 0.6) is 0 Å². The van der Waals surface area contributed by atoms with E-state index in [-0.39, 0.29) is 11.9 Å². The number of amides is 1. The lowest BCUT2D eigenvalue weighted by Crippen LogP contribution is -2.40. The third-order valence-electron chi connectivity index (χ3n) is 4.47. The van der Waals surface area contributed by atoms with E-state index in [1.165, 1.54) is 30.0 Å². The molecular weight excluding hydrogens is 272 g/mol. The van der Waals surface area contributed by atoms with Crippen molar-refractivity contribution >= 4 is 16.7 Å². The number of hydrogen-bond donors (Lipinski definition) is 1. The van der Waals surface area contributed by atoms with Crippen LogP contribution in [0, 0.1) is 0 Å². The average molecular weight is 296 g/mol. The van der Waals surface area contributed by atoms with E-state index in [2.05, 4.69) is 47.5 Å². The number of piperidine rings is 1. The van der Waals surface area contributed by atoms with Crippen LogP contribution >= 0.6 is 0 Å². The molecule has 1 aliphatic rings. The van der Waals surface area contributed by atoms with E-state index in [1.807, 2.05) is 12.1 Å². The fraction of sp³-hybridized carbons (Fsp3) is 0.421. The third kappa shape index (κ3) is 3.66. The van der Waals surface area contributed by atoms with Gasteiger partial charge >= 0.3 is 0 Å². The van der Waals surface area contributed by atoms with Gasteiger partial charge in [0, 0.05) is 0 Å². The quantitative estimate of drug-likeness (QED) is 0.936. The smallest absolute Gasteiger partial charge is 0.234 e.